The first-order valence-corrected chi connectivity index (χ1v) is 9.12. The number of carbonyl (C=O) groups is 1. The maximum absolute atomic E-state index is 12.3. The van der Waals surface area contributed by atoms with Gasteiger partial charge in [0.2, 0.25) is 5.95 Å². The highest BCUT2D eigenvalue weighted by atomic mass is 16.1. The van der Waals surface area contributed by atoms with Gasteiger partial charge in [-0.1, -0.05) is 42.8 Å². The third-order valence-corrected chi connectivity index (χ3v) is 4.41. The normalized spacial score (nSPS) is 11.7. The molecule has 0 fully saturated rings. The van der Waals surface area contributed by atoms with Gasteiger partial charge in [-0.25, -0.2) is 9.97 Å². The van der Waals surface area contributed by atoms with E-state index in [9.17, 15) is 4.79 Å². The third-order valence-electron chi connectivity index (χ3n) is 4.41. The first-order valence-electron chi connectivity index (χ1n) is 9.12. The molecule has 2 N–H and O–H groups in total. The molecule has 1 amide bonds. The van der Waals surface area contributed by atoms with Gasteiger partial charge >= 0.3 is 0 Å². The summed E-state index contributed by atoms with van der Waals surface area (Å²) in [6.07, 6.45) is 4.48. The van der Waals surface area contributed by atoms with Crippen LogP contribution in [0, 0.1) is 6.92 Å². The van der Waals surface area contributed by atoms with Gasteiger partial charge in [0.15, 0.2) is 0 Å². The summed E-state index contributed by atoms with van der Waals surface area (Å²) in [6, 6.07) is 15.7. The molecule has 0 aliphatic carbocycles. The van der Waals surface area contributed by atoms with Crippen LogP contribution < -0.4 is 10.6 Å². The molecule has 1 aromatic heterocycles. The van der Waals surface area contributed by atoms with E-state index in [1.165, 1.54) is 5.56 Å². The zero-order chi connectivity index (χ0) is 19.2. The van der Waals surface area contributed by atoms with Crippen molar-refractivity contribution in [2.45, 2.75) is 33.2 Å². The summed E-state index contributed by atoms with van der Waals surface area (Å²) < 4.78 is 0. The maximum Gasteiger partial charge on any atom is 0.251 e. The molecule has 2 aromatic carbocycles. The van der Waals surface area contributed by atoms with E-state index in [1.807, 2.05) is 26.0 Å². The van der Waals surface area contributed by atoms with Crippen molar-refractivity contribution in [2.24, 2.45) is 0 Å². The van der Waals surface area contributed by atoms with E-state index in [1.54, 1.807) is 24.5 Å². The van der Waals surface area contributed by atoms with E-state index in [4.69, 9.17) is 0 Å². The third kappa shape index (κ3) is 4.91. The number of anilines is 2. The lowest BCUT2D eigenvalue weighted by Crippen LogP contribution is -2.31. The highest BCUT2D eigenvalue weighted by Gasteiger charge is 2.09. The number of carbonyl (C=O) groups excluding carboxylic acids is 1. The standard InChI is InChI=1S/C22H24N4O/c1-4-16(3)25-21(27)18-6-5-7-20(12-18)26-22-23-13-19(14-24-22)17-10-8-15(2)9-11-17/h5-14,16H,4H2,1-3H3,(H,25,27)(H,23,24,26)/t16-/m1/s1. The van der Waals surface area contributed by atoms with Crippen molar-refractivity contribution in [2.75, 3.05) is 5.32 Å². The topological polar surface area (TPSA) is 66.9 Å². The fraction of sp³-hybridized carbons (Fsp3) is 0.227. The van der Waals surface area contributed by atoms with Crippen molar-refractivity contribution in [3.05, 3.63) is 72.1 Å². The molecule has 27 heavy (non-hydrogen) atoms. The lowest BCUT2D eigenvalue weighted by atomic mass is 10.1. The van der Waals surface area contributed by atoms with Crippen LogP contribution in [0.2, 0.25) is 0 Å². The van der Waals surface area contributed by atoms with Crippen molar-refractivity contribution in [3.8, 4) is 11.1 Å². The Morgan fingerprint density at radius 3 is 2.41 bits per heavy atom. The number of nitrogens with one attached hydrogen (secondary N) is 2. The Morgan fingerprint density at radius 1 is 1.04 bits per heavy atom. The summed E-state index contributed by atoms with van der Waals surface area (Å²) in [5.74, 6) is 0.411. The molecule has 0 aliphatic heterocycles. The molecule has 0 aliphatic rings. The zero-order valence-electron chi connectivity index (χ0n) is 15.9. The average Bonchev–Trinajstić information content (AvgIpc) is 2.69. The molecule has 5 nitrogen and oxygen atoms in total. The van der Waals surface area contributed by atoms with Gasteiger partial charge in [-0.2, -0.15) is 0 Å². The molecule has 0 saturated heterocycles. The zero-order valence-corrected chi connectivity index (χ0v) is 15.9. The van der Waals surface area contributed by atoms with E-state index >= 15 is 0 Å². The minimum atomic E-state index is -0.0800. The summed E-state index contributed by atoms with van der Waals surface area (Å²) in [7, 11) is 0. The van der Waals surface area contributed by atoms with Crippen molar-refractivity contribution in [1.29, 1.82) is 0 Å². The van der Waals surface area contributed by atoms with Gasteiger partial charge in [-0.05, 0) is 44.0 Å². The number of aromatic nitrogens is 2. The average molecular weight is 360 g/mol. The summed E-state index contributed by atoms with van der Waals surface area (Å²) in [5, 5.41) is 6.12. The van der Waals surface area contributed by atoms with Crippen molar-refractivity contribution >= 4 is 17.5 Å². The number of hydrogen-bond acceptors (Lipinski definition) is 4. The summed E-state index contributed by atoms with van der Waals surface area (Å²) in [6.45, 7) is 6.09. The molecule has 1 heterocycles. The first-order chi connectivity index (χ1) is 13.0. The Hall–Kier alpha value is -3.21. The van der Waals surface area contributed by atoms with Crippen LogP contribution in [0.5, 0.6) is 0 Å². The minimum absolute atomic E-state index is 0.0800. The summed E-state index contributed by atoms with van der Waals surface area (Å²) in [5.41, 5.74) is 4.64. The number of rotatable bonds is 6. The SMILES string of the molecule is CC[C@@H](C)NC(=O)c1cccc(Nc2ncc(-c3ccc(C)cc3)cn2)c1. The van der Waals surface area contributed by atoms with E-state index < -0.39 is 0 Å². The van der Waals surface area contributed by atoms with E-state index in [0.717, 1.165) is 23.2 Å². The van der Waals surface area contributed by atoms with Crippen LogP contribution in [0.25, 0.3) is 11.1 Å². The summed E-state index contributed by atoms with van der Waals surface area (Å²) >= 11 is 0. The van der Waals surface area contributed by atoms with E-state index in [-0.39, 0.29) is 11.9 Å². The van der Waals surface area contributed by atoms with Gasteiger partial charge in [0, 0.05) is 35.2 Å². The smallest absolute Gasteiger partial charge is 0.251 e. The lowest BCUT2D eigenvalue weighted by Gasteiger charge is -2.12. The predicted molar refractivity (Wildman–Crippen MR) is 109 cm³/mol. The number of hydrogen-bond donors (Lipinski definition) is 2. The Bertz CT molecular complexity index is 904. The monoisotopic (exact) mass is 360 g/mol. The van der Waals surface area contributed by atoms with Crippen LogP contribution in [-0.4, -0.2) is 21.9 Å². The second kappa shape index (κ2) is 8.45. The number of aryl methyl sites for hydroxylation is 1. The fourth-order valence-corrected chi connectivity index (χ4v) is 2.56. The molecule has 1 atom stereocenters. The molecule has 0 spiro atoms. The minimum Gasteiger partial charge on any atom is -0.350 e. The van der Waals surface area contributed by atoms with Crippen molar-refractivity contribution < 1.29 is 4.79 Å². The van der Waals surface area contributed by atoms with E-state index in [0.29, 0.717) is 11.5 Å². The van der Waals surface area contributed by atoms with Gasteiger partial charge in [-0.3, -0.25) is 4.79 Å². The van der Waals surface area contributed by atoms with Crippen LogP contribution in [0.4, 0.5) is 11.6 Å². The molecule has 138 valence electrons. The number of benzene rings is 2. The molecule has 0 bridgehead atoms. The highest BCUT2D eigenvalue weighted by Crippen LogP contribution is 2.20. The lowest BCUT2D eigenvalue weighted by molar-refractivity contribution is 0.0939. The quantitative estimate of drug-likeness (QED) is 0.667. The van der Waals surface area contributed by atoms with Gasteiger partial charge in [0.05, 0.1) is 0 Å². The van der Waals surface area contributed by atoms with Crippen LogP contribution in [-0.2, 0) is 0 Å². The van der Waals surface area contributed by atoms with Crippen LogP contribution >= 0.6 is 0 Å². The van der Waals surface area contributed by atoms with Crippen LogP contribution in [0.1, 0.15) is 36.2 Å². The van der Waals surface area contributed by atoms with Gasteiger partial charge in [0.1, 0.15) is 0 Å². The molecule has 0 saturated carbocycles. The fourth-order valence-electron chi connectivity index (χ4n) is 2.56. The van der Waals surface area contributed by atoms with Crippen molar-refractivity contribution in [3.63, 3.8) is 0 Å². The second-order valence-corrected chi connectivity index (χ2v) is 6.65. The Labute approximate surface area is 159 Å². The Kier molecular flexibility index (Phi) is 5.81. The van der Waals surface area contributed by atoms with Gasteiger partial charge in [-0.15, -0.1) is 0 Å². The molecular weight excluding hydrogens is 336 g/mol. The Balaban J connectivity index is 1.71. The predicted octanol–water partition coefficient (Wildman–Crippen LogP) is 4.72. The second-order valence-electron chi connectivity index (χ2n) is 6.65. The van der Waals surface area contributed by atoms with E-state index in [2.05, 4.69) is 51.8 Å². The molecule has 5 heteroatoms. The number of amides is 1. The molecule has 3 aromatic rings. The molecular formula is C22H24N4O. The maximum atomic E-state index is 12.3. The first kappa shape index (κ1) is 18.6. The molecule has 0 radical (unpaired) electrons. The molecule has 3 rings (SSSR count). The van der Waals surface area contributed by atoms with Gasteiger partial charge < -0.3 is 10.6 Å². The van der Waals surface area contributed by atoms with Gasteiger partial charge in [0.25, 0.3) is 5.91 Å². The molecule has 0 unspecified atom stereocenters. The van der Waals surface area contributed by atoms with Crippen LogP contribution in [0.15, 0.2) is 60.9 Å². The highest BCUT2D eigenvalue weighted by molar-refractivity contribution is 5.95. The number of nitrogens with zero attached hydrogens (tertiary/aromatic N) is 2. The Morgan fingerprint density at radius 2 is 1.74 bits per heavy atom. The van der Waals surface area contributed by atoms with Crippen molar-refractivity contribution in [1.82, 2.24) is 15.3 Å². The van der Waals surface area contributed by atoms with Crippen LogP contribution in [0.3, 0.4) is 0 Å². The largest absolute Gasteiger partial charge is 0.350 e. The summed E-state index contributed by atoms with van der Waals surface area (Å²) in [4.78, 5) is 21.0.